The SMILES string of the molecule is CC1(C)C2CCC1(C)C(OC(=O)C1Cc3ccccc3N1C(=O)C(NC(=O)Cc1ccc(O)c(O)c1)C1CCCCC1)C2. The molecule has 5 unspecified atom stereocenters. The van der Waals surface area contributed by atoms with Gasteiger partial charge in [0.2, 0.25) is 5.91 Å². The van der Waals surface area contributed by atoms with Crippen molar-refractivity contribution in [2.24, 2.45) is 22.7 Å². The molecule has 0 radical (unpaired) electrons. The number of esters is 1. The third-order valence-electron chi connectivity index (χ3n) is 11.6. The van der Waals surface area contributed by atoms with E-state index in [9.17, 15) is 24.6 Å². The largest absolute Gasteiger partial charge is 0.504 e. The summed E-state index contributed by atoms with van der Waals surface area (Å²) in [6.45, 7) is 6.82. The molecular weight excluding hydrogens is 544 g/mol. The van der Waals surface area contributed by atoms with Gasteiger partial charge in [-0.15, -0.1) is 0 Å². The lowest BCUT2D eigenvalue weighted by atomic mass is 9.70. The third kappa shape index (κ3) is 5.17. The highest BCUT2D eigenvalue weighted by Gasteiger charge is 2.63. The summed E-state index contributed by atoms with van der Waals surface area (Å²) in [5.74, 6) is -1.07. The van der Waals surface area contributed by atoms with Gasteiger partial charge in [0.05, 0.1) is 6.42 Å². The summed E-state index contributed by atoms with van der Waals surface area (Å²) in [4.78, 5) is 43.5. The number of hydrogen-bond acceptors (Lipinski definition) is 6. The van der Waals surface area contributed by atoms with Crippen molar-refractivity contribution < 1.29 is 29.3 Å². The van der Waals surface area contributed by atoms with Gasteiger partial charge >= 0.3 is 5.97 Å². The van der Waals surface area contributed by atoms with E-state index in [1.807, 2.05) is 24.3 Å². The fourth-order valence-electron chi connectivity index (χ4n) is 8.46. The van der Waals surface area contributed by atoms with Crippen LogP contribution in [0.5, 0.6) is 11.5 Å². The maximum Gasteiger partial charge on any atom is 0.329 e. The lowest BCUT2D eigenvalue weighted by molar-refractivity contribution is -0.159. The number of anilines is 1. The van der Waals surface area contributed by atoms with Gasteiger partial charge in [0.15, 0.2) is 11.5 Å². The molecule has 5 atom stereocenters. The number of rotatable bonds is 7. The summed E-state index contributed by atoms with van der Waals surface area (Å²) < 4.78 is 6.32. The molecule has 2 aromatic carbocycles. The summed E-state index contributed by atoms with van der Waals surface area (Å²) in [5, 5.41) is 22.6. The topological polar surface area (TPSA) is 116 Å². The second kappa shape index (κ2) is 11.2. The van der Waals surface area contributed by atoms with E-state index in [0.29, 0.717) is 23.6 Å². The highest BCUT2D eigenvalue weighted by molar-refractivity contribution is 6.06. The normalized spacial score (nSPS) is 28.3. The minimum absolute atomic E-state index is 0.0480. The number of nitrogens with zero attached hydrogens (tertiary/aromatic N) is 1. The molecule has 1 heterocycles. The fourth-order valence-corrected chi connectivity index (χ4v) is 8.46. The molecule has 2 bridgehead atoms. The molecule has 2 amide bonds. The van der Waals surface area contributed by atoms with Gasteiger partial charge < -0.3 is 20.3 Å². The molecule has 43 heavy (non-hydrogen) atoms. The standard InChI is InChI=1S/C35H44N2O6/c1-34(2)24-15-16-35(34,3)29(20-24)43-33(42)26-19-23-11-7-8-12-25(23)37(26)32(41)31(22-9-5-4-6-10-22)36-30(40)18-21-13-14-27(38)28(39)17-21/h7-8,11-14,17,22,24,26,29,31,38-39H,4-6,9-10,15-16,18-20H2,1-3H3,(H,36,40). The molecule has 3 saturated carbocycles. The first kappa shape index (κ1) is 29.5. The molecular formula is C35H44N2O6. The number of ether oxygens (including phenoxy) is 1. The first-order valence-corrected chi connectivity index (χ1v) is 15.9. The molecule has 2 aromatic rings. The number of aromatic hydroxyl groups is 2. The van der Waals surface area contributed by atoms with Crippen molar-refractivity contribution in [2.45, 2.75) is 103 Å². The lowest BCUT2D eigenvalue weighted by Crippen LogP contribution is -2.56. The van der Waals surface area contributed by atoms with Crippen LogP contribution in [0.4, 0.5) is 5.69 Å². The van der Waals surface area contributed by atoms with Crippen LogP contribution < -0.4 is 10.2 Å². The minimum atomic E-state index is -0.793. The van der Waals surface area contributed by atoms with Crippen molar-refractivity contribution in [3.63, 3.8) is 0 Å². The van der Waals surface area contributed by atoms with Crippen LogP contribution in [0.25, 0.3) is 0 Å². The highest BCUT2D eigenvalue weighted by atomic mass is 16.5. The number of nitrogens with one attached hydrogen (secondary N) is 1. The van der Waals surface area contributed by atoms with Gasteiger partial charge in [-0.2, -0.15) is 0 Å². The van der Waals surface area contributed by atoms with Crippen LogP contribution in [0.15, 0.2) is 42.5 Å². The molecule has 1 aliphatic heterocycles. The van der Waals surface area contributed by atoms with Gasteiger partial charge in [0.1, 0.15) is 18.2 Å². The van der Waals surface area contributed by atoms with Crippen LogP contribution in [-0.2, 0) is 32.0 Å². The van der Waals surface area contributed by atoms with E-state index in [1.165, 1.54) is 12.1 Å². The van der Waals surface area contributed by atoms with E-state index in [1.54, 1.807) is 11.0 Å². The van der Waals surface area contributed by atoms with E-state index in [0.717, 1.165) is 56.9 Å². The van der Waals surface area contributed by atoms with Crippen molar-refractivity contribution in [3.05, 3.63) is 53.6 Å². The molecule has 6 rings (SSSR count). The predicted molar refractivity (Wildman–Crippen MR) is 163 cm³/mol. The quantitative estimate of drug-likeness (QED) is 0.294. The Hall–Kier alpha value is -3.55. The average Bonchev–Trinajstić information content (AvgIpc) is 3.54. The molecule has 3 N–H and O–H groups in total. The Bertz CT molecular complexity index is 1410. The molecule has 0 spiro atoms. The summed E-state index contributed by atoms with van der Waals surface area (Å²) in [6, 6.07) is 10.3. The van der Waals surface area contributed by atoms with Gasteiger partial charge in [-0.3, -0.25) is 14.5 Å². The number of phenolic OH excluding ortho intramolecular Hbond substituents is 2. The molecule has 8 heteroatoms. The van der Waals surface area contributed by atoms with Crippen LogP contribution in [0, 0.1) is 22.7 Å². The first-order chi connectivity index (χ1) is 20.5. The van der Waals surface area contributed by atoms with E-state index in [4.69, 9.17) is 4.74 Å². The van der Waals surface area contributed by atoms with Gasteiger partial charge in [-0.1, -0.05) is 64.3 Å². The number of phenols is 2. The van der Waals surface area contributed by atoms with Crippen LogP contribution in [0.2, 0.25) is 0 Å². The van der Waals surface area contributed by atoms with E-state index >= 15 is 0 Å². The third-order valence-corrected chi connectivity index (χ3v) is 11.6. The van der Waals surface area contributed by atoms with Gasteiger partial charge in [-0.05, 0) is 78.7 Å². The molecule has 4 aliphatic rings. The van der Waals surface area contributed by atoms with Crippen molar-refractivity contribution >= 4 is 23.5 Å². The molecule has 0 saturated heterocycles. The van der Waals surface area contributed by atoms with E-state index in [-0.39, 0.29) is 58.6 Å². The van der Waals surface area contributed by atoms with Crippen molar-refractivity contribution in [2.75, 3.05) is 4.90 Å². The van der Waals surface area contributed by atoms with Crippen molar-refractivity contribution in [1.82, 2.24) is 5.32 Å². The zero-order valence-electron chi connectivity index (χ0n) is 25.5. The molecule has 3 fully saturated rings. The second-order valence-electron chi connectivity index (χ2n) is 14.0. The summed E-state index contributed by atoms with van der Waals surface area (Å²) in [7, 11) is 0. The second-order valence-corrected chi connectivity index (χ2v) is 14.0. The Balaban J connectivity index is 1.26. The maximum absolute atomic E-state index is 14.6. The van der Waals surface area contributed by atoms with Gasteiger partial charge in [0.25, 0.3) is 5.91 Å². The molecule has 8 nitrogen and oxygen atoms in total. The molecule has 0 aromatic heterocycles. The van der Waals surface area contributed by atoms with E-state index in [2.05, 4.69) is 26.1 Å². The number of para-hydroxylation sites is 1. The van der Waals surface area contributed by atoms with E-state index < -0.39 is 12.1 Å². The Labute approximate surface area is 253 Å². The minimum Gasteiger partial charge on any atom is -0.504 e. The van der Waals surface area contributed by atoms with Crippen LogP contribution in [0.1, 0.15) is 83.3 Å². The van der Waals surface area contributed by atoms with Crippen LogP contribution in [0.3, 0.4) is 0 Å². The zero-order valence-corrected chi connectivity index (χ0v) is 25.5. The smallest absolute Gasteiger partial charge is 0.329 e. The molecule has 230 valence electrons. The number of carbonyl (C=O) groups is 3. The molecule has 3 aliphatic carbocycles. The number of amides is 2. The Morgan fingerprint density at radius 3 is 2.42 bits per heavy atom. The maximum atomic E-state index is 14.6. The summed E-state index contributed by atoms with van der Waals surface area (Å²) in [6.07, 6.45) is 7.90. The average molecular weight is 589 g/mol. The van der Waals surface area contributed by atoms with Crippen LogP contribution in [-0.4, -0.2) is 46.2 Å². The van der Waals surface area contributed by atoms with Crippen LogP contribution >= 0.6 is 0 Å². The lowest BCUT2D eigenvalue weighted by Gasteiger charge is -2.39. The highest BCUT2D eigenvalue weighted by Crippen LogP contribution is 2.66. The first-order valence-electron chi connectivity index (χ1n) is 15.9. The zero-order chi connectivity index (χ0) is 30.5. The van der Waals surface area contributed by atoms with Crippen molar-refractivity contribution in [1.29, 1.82) is 0 Å². The van der Waals surface area contributed by atoms with Gasteiger partial charge in [-0.25, -0.2) is 4.79 Å². The van der Waals surface area contributed by atoms with Gasteiger partial charge in [0, 0.05) is 17.5 Å². The predicted octanol–water partition coefficient (Wildman–Crippen LogP) is 5.42. The Morgan fingerprint density at radius 2 is 1.74 bits per heavy atom. The monoisotopic (exact) mass is 588 g/mol. The number of carbonyl (C=O) groups excluding carboxylic acids is 3. The van der Waals surface area contributed by atoms with Crippen molar-refractivity contribution in [3.8, 4) is 11.5 Å². The Morgan fingerprint density at radius 1 is 1.00 bits per heavy atom. The fraction of sp³-hybridized carbons (Fsp3) is 0.571. The summed E-state index contributed by atoms with van der Waals surface area (Å²) >= 11 is 0. The summed E-state index contributed by atoms with van der Waals surface area (Å²) in [5.41, 5.74) is 2.15. The number of fused-ring (bicyclic) bond motifs is 3. The number of hydrogen-bond donors (Lipinski definition) is 3. The Kier molecular flexibility index (Phi) is 7.68. The number of benzene rings is 2.